The molecule has 0 saturated carbocycles. The van der Waals surface area contributed by atoms with Gasteiger partial charge in [-0.15, -0.1) is 0 Å². The largest absolute Gasteiger partial charge is 0.462 e. The van der Waals surface area contributed by atoms with Crippen molar-refractivity contribution >= 4 is 33.7 Å². The van der Waals surface area contributed by atoms with E-state index in [9.17, 15) is 18.0 Å². The Bertz CT molecular complexity index is 540. The van der Waals surface area contributed by atoms with Crippen molar-refractivity contribution in [3.8, 4) is 6.07 Å². The lowest BCUT2D eigenvalue weighted by Gasteiger charge is -2.12. The van der Waals surface area contributed by atoms with E-state index < -0.39 is 23.2 Å². The van der Waals surface area contributed by atoms with Gasteiger partial charge in [-0.2, -0.15) is 18.4 Å². The van der Waals surface area contributed by atoms with E-state index >= 15 is 0 Å². The molecule has 0 heterocycles. The van der Waals surface area contributed by atoms with E-state index in [-0.39, 0.29) is 27.1 Å². The first kappa shape index (κ1) is 15.9. The summed E-state index contributed by atoms with van der Waals surface area (Å²) in [5.74, 6) is -0.952. The average molecular weight is 354 g/mol. The summed E-state index contributed by atoms with van der Waals surface area (Å²) in [5, 5.41) is 8.96. The standard InChI is InChI=1S/C11H7BrF3NO2S/c1-2-18-10(17)9-6(5-16)7(12)3-4-8(9)19-11(13,14)15/h3-4H,2H2,1H3. The van der Waals surface area contributed by atoms with E-state index in [0.717, 1.165) is 6.07 Å². The molecule has 0 aliphatic rings. The summed E-state index contributed by atoms with van der Waals surface area (Å²) in [5.41, 5.74) is -5.10. The second kappa shape index (κ2) is 6.30. The van der Waals surface area contributed by atoms with Crippen LogP contribution in [0.25, 0.3) is 0 Å². The highest BCUT2D eigenvalue weighted by atomic mass is 79.9. The Morgan fingerprint density at radius 1 is 1.53 bits per heavy atom. The molecule has 0 aliphatic heterocycles. The van der Waals surface area contributed by atoms with Crippen molar-refractivity contribution in [2.45, 2.75) is 17.3 Å². The molecule has 0 radical (unpaired) electrons. The molecule has 8 heteroatoms. The highest BCUT2D eigenvalue weighted by molar-refractivity contribution is 9.10. The van der Waals surface area contributed by atoms with Crippen LogP contribution in [0.1, 0.15) is 22.8 Å². The highest BCUT2D eigenvalue weighted by Crippen LogP contribution is 2.40. The zero-order chi connectivity index (χ0) is 14.6. The van der Waals surface area contributed by atoms with Crippen LogP contribution in [0.4, 0.5) is 13.2 Å². The maximum atomic E-state index is 12.4. The van der Waals surface area contributed by atoms with Gasteiger partial charge in [-0.25, -0.2) is 4.79 Å². The molecule has 1 rings (SSSR count). The van der Waals surface area contributed by atoms with Crippen molar-refractivity contribution in [3.63, 3.8) is 0 Å². The molecular formula is C11H7BrF3NO2S. The number of nitriles is 1. The second-order valence-electron chi connectivity index (χ2n) is 3.18. The molecule has 0 saturated heterocycles. The monoisotopic (exact) mass is 353 g/mol. The molecule has 19 heavy (non-hydrogen) atoms. The minimum absolute atomic E-state index is 0.00629. The maximum absolute atomic E-state index is 12.4. The number of hydrogen-bond donors (Lipinski definition) is 0. The smallest absolute Gasteiger partial charge is 0.446 e. The first-order valence-electron chi connectivity index (χ1n) is 4.95. The van der Waals surface area contributed by atoms with E-state index in [0.29, 0.717) is 0 Å². The van der Waals surface area contributed by atoms with Crippen LogP contribution in [0, 0.1) is 11.3 Å². The molecule has 102 valence electrons. The molecule has 0 aromatic heterocycles. The SMILES string of the molecule is CCOC(=O)c1c(SC(F)(F)F)ccc(Br)c1C#N. The van der Waals surface area contributed by atoms with Gasteiger partial charge in [-0.05, 0) is 46.7 Å². The Balaban J connectivity index is 3.39. The second-order valence-corrected chi connectivity index (χ2v) is 5.14. The summed E-state index contributed by atoms with van der Waals surface area (Å²) >= 11 is 2.57. The molecule has 1 aromatic carbocycles. The molecule has 0 atom stereocenters. The van der Waals surface area contributed by atoms with Crippen molar-refractivity contribution in [1.82, 2.24) is 0 Å². The summed E-state index contributed by atoms with van der Waals surface area (Å²) in [4.78, 5) is 11.4. The van der Waals surface area contributed by atoms with Crippen LogP contribution < -0.4 is 0 Å². The van der Waals surface area contributed by atoms with E-state index in [1.807, 2.05) is 0 Å². The van der Waals surface area contributed by atoms with Crippen molar-refractivity contribution < 1.29 is 22.7 Å². The van der Waals surface area contributed by atoms with Crippen LogP contribution in [0.15, 0.2) is 21.5 Å². The lowest BCUT2D eigenvalue weighted by atomic mass is 10.1. The van der Waals surface area contributed by atoms with Gasteiger partial charge >= 0.3 is 11.5 Å². The normalized spacial score (nSPS) is 10.9. The van der Waals surface area contributed by atoms with Crippen LogP contribution in [0.2, 0.25) is 0 Å². The fourth-order valence-electron chi connectivity index (χ4n) is 1.28. The van der Waals surface area contributed by atoms with Gasteiger partial charge < -0.3 is 4.74 Å². The molecule has 1 aromatic rings. The number of ether oxygens (including phenoxy) is 1. The van der Waals surface area contributed by atoms with Gasteiger partial charge in [0, 0.05) is 9.37 Å². The van der Waals surface area contributed by atoms with E-state index in [1.165, 1.54) is 13.0 Å². The summed E-state index contributed by atoms with van der Waals surface area (Å²) in [6.07, 6.45) is 0. The maximum Gasteiger partial charge on any atom is 0.446 e. The predicted octanol–water partition coefficient (Wildman–Crippen LogP) is 4.11. The molecule has 0 fully saturated rings. The third-order valence-corrected chi connectivity index (χ3v) is 3.39. The van der Waals surface area contributed by atoms with Crippen LogP contribution in [-0.4, -0.2) is 18.1 Å². The third-order valence-electron chi connectivity index (χ3n) is 1.93. The highest BCUT2D eigenvalue weighted by Gasteiger charge is 2.33. The van der Waals surface area contributed by atoms with Gasteiger partial charge in [-0.1, -0.05) is 0 Å². The van der Waals surface area contributed by atoms with Crippen molar-refractivity contribution in [2.24, 2.45) is 0 Å². The Hall–Kier alpha value is -1.20. The van der Waals surface area contributed by atoms with Gasteiger partial charge in [0.25, 0.3) is 0 Å². The molecular weight excluding hydrogens is 347 g/mol. The Morgan fingerprint density at radius 2 is 2.16 bits per heavy atom. The number of rotatable bonds is 3. The molecule has 0 amide bonds. The van der Waals surface area contributed by atoms with Gasteiger partial charge in [0.2, 0.25) is 0 Å². The van der Waals surface area contributed by atoms with Crippen LogP contribution in [-0.2, 0) is 4.74 Å². The number of halogens is 4. The van der Waals surface area contributed by atoms with Crippen LogP contribution >= 0.6 is 27.7 Å². The molecule has 0 aliphatic carbocycles. The number of hydrogen-bond acceptors (Lipinski definition) is 4. The third kappa shape index (κ3) is 4.14. The average Bonchev–Trinajstić information content (AvgIpc) is 2.29. The van der Waals surface area contributed by atoms with E-state index in [2.05, 4.69) is 20.7 Å². The van der Waals surface area contributed by atoms with Crippen molar-refractivity contribution in [1.29, 1.82) is 5.26 Å². The van der Waals surface area contributed by atoms with Gasteiger partial charge in [-0.3, -0.25) is 0 Å². The summed E-state index contributed by atoms with van der Waals surface area (Å²) in [6, 6.07) is 4.11. The first-order chi connectivity index (χ1) is 8.80. The number of esters is 1. The number of thioether (sulfide) groups is 1. The zero-order valence-corrected chi connectivity index (χ0v) is 11.9. The number of carbonyl (C=O) groups is 1. The minimum Gasteiger partial charge on any atom is -0.462 e. The van der Waals surface area contributed by atoms with Gasteiger partial charge in [0.1, 0.15) is 6.07 Å². The summed E-state index contributed by atoms with van der Waals surface area (Å²) < 4.78 is 42.2. The molecule has 0 bridgehead atoms. The van der Waals surface area contributed by atoms with Crippen LogP contribution in [0.3, 0.4) is 0 Å². The van der Waals surface area contributed by atoms with E-state index in [4.69, 9.17) is 5.26 Å². The van der Waals surface area contributed by atoms with Gasteiger partial charge in [0.05, 0.1) is 17.7 Å². The molecule has 0 unspecified atom stereocenters. The van der Waals surface area contributed by atoms with Crippen molar-refractivity contribution in [2.75, 3.05) is 6.61 Å². The van der Waals surface area contributed by atoms with E-state index in [1.54, 1.807) is 6.07 Å². The number of nitrogens with zero attached hydrogens (tertiary/aromatic N) is 1. The lowest BCUT2D eigenvalue weighted by molar-refractivity contribution is -0.0328. The topological polar surface area (TPSA) is 50.1 Å². The first-order valence-corrected chi connectivity index (χ1v) is 6.56. The number of alkyl halides is 3. The molecule has 0 spiro atoms. The number of benzene rings is 1. The minimum atomic E-state index is -4.55. The number of carbonyl (C=O) groups excluding carboxylic acids is 1. The Morgan fingerprint density at radius 3 is 2.63 bits per heavy atom. The van der Waals surface area contributed by atoms with Crippen LogP contribution in [0.5, 0.6) is 0 Å². The predicted molar refractivity (Wildman–Crippen MR) is 66.7 cm³/mol. The quantitative estimate of drug-likeness (QED) is 0.606. The Labute approximate surface area is 119 Å². The lowest BCUT2D eigenvalue weighted by Crippen LogP contribution is -2.11. The Kier molecular flexibility index (Phi) is 5.26. The summed E-state index contributed by atoms with van der Waals surface area (Å²) in [7, 11) is 0. The van der Waals surface area contributed by atoms with Gasteiger partial charge in [0.15, 0.2) is 0 Å². The molecule has 0 N–H and O–H groups in total. The summed E-state index contributed by atoms with van der Waals surface area (Å²) in [6.45, 7) is 1.53. The fourth-order valence-corrected chi connectivity index (χ4v) is 2.38. The zero-order valence-electron chi connectivity index (χ0n) is 9.55. The fraction of sp³-hybridized carbons (Fsp3) is 0.273. The van der Waals surface area contributed by atoms with Crippen molar-refractivity contribution in [3.05, 3.63) is 27.7 Å². The molecule has 3 nitrogen and oxygen atoms in total.